The third-order valence-corrected chi connectivity index (χ3v) is 4.25. The number of nitrogens with two attached hydrogens (primary N) is 1. The molecule has 0 aromatic heterocycles. The summed E-state index contributed by atoms with van der Waals surface area (Å²) in [4.78, 5) is 26.1. The first-order valence-corrected chi connectivity index (χ1v) is 8.70. The Bertz CT molecular complexity index is 358. The van der Waals surface area contributed by atoms with Gasteiger partial charge in [0.2, 0.25) is 11.8 Å². The summed E-state index contributed by atoms with van der Waals surface area (Å²) in [5, 5.41) is 2.91. The number of rotatable bonds is 8. The molecule has 0 aromatic rings. The SMILES string of the molecule is CC(C)CC(C)CC(=O)N1CCCCC1CNC(=O)CCN. The molecule has 0 radical (unpaired) electrons. The molecule has 1 fully saturated rings. The van der Waals surface area contributed by atoms with Gasteiger partial charge in [0.1, 0.15) is 0 Å². The molecule has 1 rings (SSSR count). The van der Waals surface area contributed by atoms with Gasteiger partial charge in [0.05, 0.1) is 0 Å². The molecule has 1 heterocycles. The topological polar surface area (TPSA) is 75.4 Å². The predicted molar refractivity (Wildman–Crippen MR) is 89.3 cm³/mol. The molecule has 0 bridgehead atoms. The molecule has 2 unspecified atom stereocenters. The van der Waals surface area contributed by atoms with Crippen LogP contribution in [0.1, 0.15) is 59.3 Å². The van der Waals surface area contributed by atoms with Gasteiger partial charge in [0, 0.05) is 38.5 Å². The summed E-state index contributed by atoms with van der Waals surface area (Å²) in [6.07, 6.45) is 5.22. The maximum atomic E-state index is 12.6. The summed E-state index contributed by atoms with van der Waals surface area (Å²) < 4.78 is 0. The van der Waals surface area contributed by atoms with Gasteiger partial charge in [-0.3, -0.25) is 9.59 Å². The minimum absolute atomic E-state index is 0.0198. The third kappa shape index (κ3) is 6.77. The van der Waals surface area contributed by atoms with Gasteiger partial charge in [-0.1, -0.05) is 20.8 Å². The zero-order chi connectivity index (χ0) is 16.5. The molecule has 0 spiro atoms. The van der Waals surface area contributed by atoms with Gasteiger partial charge < -0.3 is 16.0 Å². The Morgan fingerprint density at radius 3 is 2.64 bits per heavy atom. The van der Waals surface area contributed by atoms with E-state index >= 15 is 0 Å². The lowest BCUT2D eigenvalue weighted by molar-refractivity contribution is -0.136. The van der Waals surface area contributed by atoms with Crippen LogP contribution in [0.4, 0.5) is 0 Å². The van der Waals surface area contributed by atoms with Crippen LogP contribution >= 0.6 is 0 Å². The summed E-state index contributed by atoms with van der Waals surface area (Å²) in [5.41, 5.74) is 5.38. The fraction of sp³-hybridized carbons (Fsp3) is 0.882. The normalized spacial score (nSPS) is 20.0. The van der Waals surface area contributed by atoms with Gasteiger partial charge in [0.15, 0.2) is 0 Å². The Kier molecular flexibility index (Phi) is 8.46. The second kappa shape index (κ2) is 9.82. The zero-order valence-electron chi connectivity index (χ0n) is 14.4. The standard InChI is InChI=1S/C17H33N3O2/c1-13(2)10-14(3)11-17(22)20-9-5-4-6-15(20)12-19-16(21)7-8-18/h13-15H,4-12,18H2,1-3H3,(H,19,21). The van der Waals surface area contributed by atoms with Gasteiger partial charge >= 0.3 is 0 Å². The molecule has 22 heavy (non-hydrogen) atoms. The fourth-order valence-electron chi connectivity index (χ4n) is 3.30. The molecular formula is C17H33N3O2. The Morgan fingerprint density at radius 1 is 1.27 bits per heavy atom. The Morgan fingerprint density at radius 2 is 2.00 bits per heavy atom. The van der Waals surface area contributed by atoms with Gasteiger partial charge in [0.25, 0.3) is 0 Å². The summed E-state index contributed by atoms with van der Waals surface area (Å²) >= 11 is 0. The van der Waals surface area contributed by atoms with E-state index in [-0.39, 0.29) is 17.9 Å². The number of amides is 2. The van der Waals surface area contributed by atoms with Crippen molar-refractivity contribution in [2.75, 3.05) is 19.6 Å². The lowest BCUT2D eigenvalue weighted by Gasteiger charge is -2.36. The molecule has 3 N–H and O–H groups in total. The lowest BCUT2D eigenvalue weighted by atomic mass is 9.94. The fourth-order valence-corrected chi connectivity index (χ4v) is 3.30. The molecular weight excluding hydrogens is 278 g/mol. The quantitative estimate of drug-likeness (QED) is 0.719. The van der Waals surface area contributed by atoms with Crippen molar-refractivity contribution in [2.24, 2.45) is 17.6 Å². The highest BCUT2D eigenvalue weighted by molar-refractivity contribution is 5.78. The number of piperidine rings is 1. The summed E-state index contributed by atoms with van der Waals surface area (Å²) in [5.74, 6) is 1.26. The molecule has 0 aliphatic carbocycles. The third-order valence-electron chi connectivity index (χ3n) is 4.25. The first-order valence-electron chi connectivity index (χ1n) is 8.70. The van der Waals surface area contributed by atoms with Crippen LogP contribution in [0.5, 0.6) is 0 Å². The second-order valence-corrected chi connectivity index (χ2v) is 7.02. The van der Waals surface area contributed by atoms with Crippen molar-refractivity contribution >= 4 is 11.8 Å². The number of nitrogens with one attached hydrogen (secondary N) is 1. The number of hydrogen-bond acceptors (Lipinski definition) is 3. The van der Waals surface area contributed by atoms with Crippen LogP contribution < -0.4 is 11.1 Å². The molecule has 1 aliphatic rings. The first-order chi connectivity index (χ1) is 10.4. The highest BCUT2D eigenvalue weighted by Gasteiger charge is 2.27. The van der Waals surface area contributed by atoms with Gasteiger partial charge in [-0.25, -0.2) is 0 Å². The Balaban J connectivity index is 2.49. The average molecular weight is 311 g/mol. The smallest absolute Gasteiger partial charge is 0.223 e. The monoisotopic (exact) mass is 311 g/mol. The number of nitrogens with zero attached hydrogens (tertiary/aromatic N) is 1. The number of carbonyl (C=O) groups is 2. The van der Waals surface area contributed by atoms with Crippen molar-refractivity contribution in [2.45, 2.75) is 65.3 Å². The molecule has 2 atom stereocenters. The predicted octanol–water partition coefficient (Wildman–Crippen LogP) is 1.90. The van der Waals surface area contributed by atoms with Gasteiger partial charge in [-0.2, -0.15) is 0 Å². The van der Waals surface area contributed by atoms with Crippen molar-refractivity contribution in [3.05, 3.63) is 0 Å². The van der Waals surface area contributed by atoms with E-state index in [1.54, 1.807) is 0 Å². The van der Waals surface area contributed by atoms with E-state index in [2.05, 4.69) is 26.1 Å². The van der Waals surface area contributed by atoms with E-state index in [4.69, 9.17) is 5.73 Å². The van der Waals surface area contributed by atoms with Crippen LogP contribution in [0.3, 0.4) is 0 Å². The van der Waals surface area contributed by atoms with Crippen molar-refractivity contribution < 1.29 is 9.59 Å². The van der Waals surface area contributed by atoms with Gasteiger partial charge in [-0.15, -0.1) is 0 Å². The van der Waals surface area contributed by atoms with Crippen molar-refractivity contribution in [3.63, 3.8) is 0 Å². The number of carbonyl (C=O) groups excluding carboxylic acids is 2. The van der Waals surface area contributed by atoms with Crippen molar-refractivity contribution in [1.82, 2.24) is 10.2 Å². The molecule has 5 nitrogen and oxygen atoms in total. The highest BCUT2D eigenvalue weighted by atomic mass is 16.2. The molecule has 1 saturated heterocycles. The van der Waals surface area contributed by atoms with Crippen LogP contribution in [-0.2, 0) is 9.59 Å². The second-order valence-electron chi connectivity index (χ2n) is 7.02. The average Bonchev–Trinajstić information content (AvgIpc) is 2.44. The minimum atomic E-state index is -0.0198. The summed E-state index contributed by atoms with van der Waals surface area (Å²) in [6.45, 7) is 8.29. The van der Waals surface area contributed by atoms with Crippen LogP contribution in [0.25, 0.3) is 0 Å². The van der Waals surface area contributed by atoms with Crippen molar-refractivity contribution in [3.8, 4) is 0 Å². The zero-order valence-corrected chi connectivity index (χ0v) is 14.4. The summed E-state index contributed by atoms with van der Waals surface area (Å²) in [7, 11) is 0. The first kappa shape index (κ1) is 18.9. The van der Waals surface area contributed by atoms with Crippen LogP contribution in [0.2, 0.25) is 0 Å². The Hall–Kier alpha value is -1.10. The van der Waals surface area contributed by atoms with Crippen LogP contribution in [-0.4, -0.2) is 42.4 Å². The number of likely N-dealkylation sites (tertiary alicyclic amines) is 1. The van der Waals surface area contributed by atoms with Crippen LogP contribution in [0, 0.1) is 11.8 Å². The van der Waals surface area contributed by atoms with E-state index in [0.29, 0.717) is 37.8 Å². The maximum Gasteiger partial charge on any atom is 0.223 e. The molecule has 128 valence electrons. The van der Waals surface area contributed by atoms with Gasteiger partial charge in [-0.05, 0) is 37.5 Å². The minimum Gasteiger partial charge on any atom is -0.354 e. The summed E-state index contributed by atoms with van der Waals surface area (Å²) in [6, 6.07) is 0.147. The van der Waals surface area contributed by atoms with E-state index in [1.807, 2.05) is 4.90 Å². The largest absolute Gasteiger partial charge is 0.354 e. The van der Waals surface area contributed by atoms with Crippen LogP contribution in [0.15, 0.2) is 0 Å². The van der Waals surface area contributed by atoms with E-state index < -0.39 is 0 Å². The highest BCUT2D eigenvalue weighted by Crippen LogP contribution is 2.21. The maximum absolute atomic E-state index is 12.6. The Labute approximate surface area is 135 Å². The number of hydrogen-bond donors (Lipinski definition) is 2. The van der Waals surface area contributed by atoms with Crippen molar-refractivity contribution in [1.29, 1.82) is 0 Å². The molecule has 5 heteroatoms. The van der Waals surface area contributed by atoms with E-state index in [9.17, 15) is 9.59 Å². The molecule has 2 amide bonds. The van der Waals surface area contributed by atoms with E-state index in [1.165, 1.54) is 0 Å². The molecule has 0 aromatic carbocycles. The molecule has 0 saturated carbocycles. The van der Waals surface area contributed by atoms with E-state index in [0.717, 1.165) is 32.2 Å². The lowest BCUT2D eigenvalue weighted by Crippen LogP contribution is -2.49. The molecule has 1 aliphatic heterocycles.